The number of nitrogens with zero attached hydrogens (tertiary/aromatic N) is 3. The van der Waals surface area contributed by atoms with Crippen LogP contribution in [0.3, 0.4) is 0 Å². The fourth-order valence-corrected chi connectivity index (χ4v) is 2.57. The quantitative estimate of drug-likeness (QED) is 0.936. The summed E-state index contributed by atoms with van der Waals surface area (Å²) in [5.41, 5.74) is 0.714. The van der Waals surface area contributed by atoms with Gasteiger partial charge in [0.15, 0.2) is 0 Å². The molecule has 0 radical (unpaired) electrons. The molecule has 1 heterocycles. The molecule has 0 aliphatic heterocycles. The van der Waals surface area contributed by atoms with Crippen molar-refractivity contribution in [1.29, 1.82) is 5.26 Å². The van der Waals surface area contributed by atoms with Crippen molar-refractivity contribution in [3.63, 3.8) is 0 Å². The Bertz CT molecular complexity index is 799. The van der Waals surface area contributed by atoms with E-state index in [2.05, 4.69) is 14.7 Å². The van der Waals surface area contributed by atoms with Crippen LogP contribution in [0.2, 0.25) is 5.02 Å². The third-order valence-corrected chi connectivity index (χ3v) is 4.04. The molecule has 20 heavy (non-hydrogen) atoms. The van der Waals surface area contributed by atoms with Gasteiger partial charge in [-0.1, -0.05) is 11.6 Å². The number of nitriles is 1. The van der Waals surface area contributed by atoms with E-state index in [9.17, 15) is 8.42 Å². The summed E-state index contributed by atoms with van der Waals surface area (Å²) < 4.78 is 26.5. The molecule has 102 valence electrons. The van der Waals surface area contributed by atoms with E-state index in [1.807, 2.05) is 6.07 Å². The third kappa shape index (κ3) is 3.04. The maximum atomic E-state index is 12.1. The molecular weight excluding hydrogens is 300 g/mol. The first kappa shape index (κ1) is 14.2. The van der Waals surface area contributed by atoms with Crippen LogP contribution in [0.5, 0.6) is 0 Å². The second kappa shape index (κ2) is 5.45. The minimum atomic E-state index is -3.86. The number of nitrogens with one attached hydrogen (secondary N) is 1. The highest BCUT2D eigenvalue weighted by Gasteiger charge is 2.17. The van der Waals surface area contributed by atoms with Crippen molar-refractivity contribution in [3.8, 4) is 6.07 Å². The molecule has 0 saturated heterocycles. The van der Waals surface area contributed by atoms with Crippen LogP contribution in [-0.2, 0) is 10.0 Å². The van der Waals surface area contributed by atoms with Crippen LogP contribution in [0.4, 0.5) is 5.95 Å². The Morgan fingerprint density at radius 3 is 2.75 bits per heavy atom. The third-order valence-electron chi connectivity index (χ3n) is 2.39. The molecule has 8 heteroatoms. The second-order valence-electron chi connectivity index (χ2n) is 3.88. The van der Waals surface area contributed by atoms with Gasteiger partial charge in [-0.25, -0.2) is 23.1 Å². The van der Waals surface area contributed by atoms with Crippen LogP contribution < -0.4 is 4.72 Å². The molecule has 6 nitrogen and oxygen atoms in total. The largest absolute Gasteiger partial charge is 0.264 e. The number of aryl methyl sites for hydroxylation is 1. The molecule has 1 aromatic heterocycles. The molecule has 0 saturated carbocycles. The molecule has 0 amide bonds. The zero-order valence-corrected chi connectivity index (χ0v) is 11.9. The molecule has 0 atom stereocenters. The van der Waals surface area contributed by atoms with Crippen molar-refractivity contribution >= 4 is 27.6 Å². The van der Waals surface area contributed by atoms with Crippen LogP contribution in [0.25, 0.3) is 0 Å². The van der Waals surface area contributed by atoms with Crippen molar-refractivity contribution in [2.24, 2.45) is 0 Å². The highest BCUT2D eigenvalue weighted by atomic mass is 35.5. The van der Waals surface area contributed by atoms with E-state index in [0.29, 0.717) is 5.69 Å². The van der Waals surface area contributed by atoms with Crippen LogP contribution in [0, 0.1) is 18.3 Å². The van der Waals surface area contributed by atoms with Crippen molar-refractivity contribution in [2.45, 2.75) is 11.8 Å². The zero-order chi connectivity index (χ0) is 14.8. The highest BCUT2D eigenvalue weighted by Crippen LogP contribution is 2.20. The number of sulfonamides is 1. The fourth-order valence-electron chi connectivity index (χ4n) is 1.43. The topological polar surface area (TPSA) is 95.7 Å². The predicted octanol–water partition coefficient (Wildman–Crippen LogP) is 2.11. The number of hydrogen-bond donors (Lipinski definition) is 1. The van der Waals surface area contributed by atoms with E-state index >= 15 is 0 Å². The minimum absolute atomic E-state index is 0.0292. The first-order valence-corrected chi connectivity index (χ1v) is 7.30. The van der Waals surface area contributed by atoms with Gasteiger partial charge in [0.1, 0.15) is 6.07 Å². The highest BCUT2D eigenvalue weighted by molar-refractivity contribution is 7.92. The SMILES string of the molecule is Cc1ccnc(NS(=O)(=O)c2ccc(Cl)c(C#N)c2)n1. The Labute approximate surface area is 121 Å². The summed E-state index contributed by atoms with van der Waals surface area (Å²) in [6, 6.07) is 7.33. The van der Waals surface area contributed by atoms with Gasteiger partial charge in [0.2, 0.25) is 5.95 Å². The van der Waals surface area contributed by atoms with Crippen molar-refractivity contribution in [1.82, 2.24) is 9.97 Å². The van der Waals surface area contributed by atoms with Gasteiger partial charge >= 0.3 is 0 Å². The maximum Gasteiger partial charge on any atom is 0.264 e. The summed E-state index contributed by atoms with van der Waals surface area (Å²) in [4.78, 5) is 7.69. The number of anilines is 1. The molecule has 0 aliphatic rings. The molecule has 0 bridgehead atoms. The van der Waals surface area contributed by atoms with Crippen LogP contribution in [-0.4, -0.2) is 18.4 Å². The number of rotatable bonds is 3. The van der Waals surface area contributed by atoms with Gasteiger partial charge in [0, 0.05) is 11.9 Å². The van der Waals surface area contributed by atoms with Gasteiger partial charge in [0.05, 0.1) is 15.5 Å². The van der Waals surface area contributed by atoms with E-state index in [-0.39, 0.29) is 21.4 Å². The first-order chi connectivity index (χ1) is 9.42. The van der Waals surface area contributed by atoms with Crippen molar-refractivity contribution in [3.05, 3.63) is 46.7 Å². The maximum absolute atomic E-state index is 12.1. The standard InChI is InChI=1S/C12H9ClN4O2S/c1-8-4-5-15-12(16-8)17-20(18,19)10-2-3-11(13)9(6-10)7-14/h2-6H,1H3,(H,15,16,17). The van der Waals surface area contributed by atoms with Crippen molar-refractivity contribution < 1.29 is 8.42 Å². The van der Waals surface area contributed by atoms with E-state index in [1.165, 1.54) is 24.4 Å². The van der Waals surface area contributed by atoms with Crippen molar-refractivity contribution in [2.75, 3.05) is 4.72 Å². The lowest BCUT2D eigenvalue weighted by molar-refractivity contribution is 0.600. The first-order valence-electron chi connectivity index (χ1n) is 5.44. The van der Waals surface area contributed by atoms with E-state index in [4.69, 9.17) is 16.9 Å². The summed E-state index contributed by atoms with van der Waals surface area (Å²) >= 11 is 5.76. The minimum Gasteiger partial charge on any atom is -0.247 e. The van der Waals surface area contributed by atoms with Gasteiger partial charge in [-0.05, 0) is 31.2 Å². The Morgan fingerprint density at radius 2 is 2.10 bits per heavy atom. The van der Waals surface area contributed by atoms with Gasteiger partial charge in [-0.2, -0.15) is 5.26 Å². The average molecular weight is 309 g/mol. The lowest BCUT2D eigenvalue weighted by Gasteiger charge is -2.07. The summed E-state index contributed by atoms with van der Waals surface area (Å²) in [7, 11) is -3.86. The number of hydrogen-bond acceptors (Lipinski definition) is 5. The molecule has 0 fully saturated rings. The Balaban J connectivity index is 2.39. The summed E-state index contributed by atoms with van der Waals surface area (Å²) in [5.74, 6) is -0.0292. The van der Waals surface area contributed by atoms with Crippen LogP contribution >= 0.6 is 11.6 Å². The molecule has 0 aliphatic carbocycles. The molecule has 2 aromatic rings. The Morgan fingerprint density at radius 1 is 1.35 bits per heavy atom. The van der Waals surface area contributed by atoms with E-state index < -0.39 is 10.0 Å². The number of halogens is 1. The number of aromatic nitrogens is 2. The van der Waals surface area contributed by atoms with E-state index in [0.717, 1.165) is 0 Å². The summed E-state index contributed by atoms with van der Waals surface area (Å²) in [6.07, 6.45) is 1.45. The summed E-state index contributed by atoms with van der Waals surface area (Å²) in [5, 5.41) is 9.05. The molecule has 0 unspecified atom stereocenters. The molecule has 1 aromatic carbocycles. The fraction of sp³-hybridized carbons (Fsp3) is 0.0833. The smallest absolute Gasteiger partial charge is 0.247 e. The molecular formula is C12H9ClN4O2S. The Hall–Kier alpha value is -2.17. The lowest BCUT2D eigenvalue weighted by atomic mass is 10.2. The van der Waals surface area contributed by atoms with Crippen LogP contribution in [0.1, 0.15) is 11.3 Å². The summed E-state index contributed by atoms with van der Waals surface area (Å²) in [6.45, 7) is 1.72. The van der Waals surface area contributed by atoms with Crippen LogP contribution in [0.15, 0.2) is 35.4 Å². The second-order valence-corrected chi connectivity index (χ2v) is 5.97. The predicted molar refractivity (Wildman–Crippen MR) is 73.7 cm³/mol. The van der Waals surface area contributed by atoms with Gasteiger partial charge in [-0.15, -0.1) is 0 Å². The number of benzene rings is 1. The normalized spacial score (nSPS) is 10.8. The van der Waals surface area contributed by atoms with Gasteiger partial charge < -0.3 is 0 Å². The van der Waals surface area contributed by atoms with E-state index in [1.54, 1.807) is 13.0 Å². The Kier molecular flexibility index (Phi) is 3.88. The average Bonchev–Trinajstić information content (AvgIpc) is 2.38. The zero-order valence-electron chi connectivity index (χ0n) is 10.3. The van der Waals surface area contributed by atoms with Gasteiger partial charge in [0.25, 0.3) is 10.0 Å². The molecule has 2 rings (SSSR count). The van der Waals surface area contributed by atoms with Gasteiger partial charge in [-0.3, -0.25) is 0 Å². The lowest BCUT2D eigenvalue weighted by Crippen LogP contribution is -2.15. The molecule has 1 N–H and O–H groups in total. The monoisotopic (exact) mass is 308 g/mol. The molecule has 0 spiro atoms.